The average molecular weight is 482 g/mol. The van der Waals surface area contributed by atoms with Crippen molar-refractivity contribution in [3.63, 3.8) is 0 Å². The number of ether oxygens (including phenoxy) is 1. The van der Waals surface area contributed by atoms with Gasteiger partial charge < -0.3 is 19.8 Å². The van der Waals surface area contributed by atoms with Gasteiger partial charge in [-0.15, -0.1) is 0 Å². The summed E-state index contributed by atoms with van der Waals surface area (Å²) in [5.41, 5.74) is 1.11. The van der Waals surface area contributed by atoms with Gasteiger partial charge in [0.2, 0.25) is 0 Å². The minimum absolute atomic E-state index is 0.144. The van der Waals surface area contributed by atoms with E-state index in [4.69, 9.17) is 9.15 Å². The SMILES string of the molecule is C[C@@]12C[C@@H](NC(=O)N1c1cccc(C(=O)NCc3ccco3)c1)c1cc(Br)ccc1O2. The predicted molar refractivity (Wildman–Crippen MR) is 118 cm³/mol. The van der Waals surface area contributed by atoms with Crippen LogP contribution in [0.3, 0.4) is 0 Å². The number of urea groups is 1. The minimum Gasteiger partial charge on any atom is -0.467 e. The monoisotopic (exact) mass is 481 g/mol. The Labute approximate surface area is 187 Å². The van der Waals surface area contributed by atoms with Gasteiger partial charge in [-0.25, -0.2) is 4.79 Å². The van der Waals surface area contributed by atoms with Crippen LogP contribution in [0.25, 0.3) is 0 Å². The maximum Gasteiger partial charge on any atom is 0.325 e. The third-order valence-electron chi connectivity index (χ3n) is 5.60. The van der Waals surface area contributed by atoms with Crippen molar-refractivity contribution in [3.8, 4) is 5.75 Å². The van der Waals surface area contributed by atoms with Gasteiger partial charge in [0.15, 0.2) is 5.72 Å². The smallest absolute Gasteiger partial charge is 0.325 e. The van der Waals surface area contributed by atoms with Crippen LogP contribution < -0.4 is 20.3 Å². The predicted octanol–water partition coefficient (Wildman–Crippen LogP) is 4.74. The van der Waals surface area contributed by atoms with Crippen LogP contribution in [0.2, 0.25) is 0 Å². The van der Waals surface area contributed by atoms with Crippen LogP contribution in [-0.2, 0) is 6.54 Å². The highest BCUT2D eigenvalue weighted by Crippen LogP contribution is 2.46. The van der Waals surface area contributed by atoms with Crippen molar-refractivity contribution in [2.24, 2.45) is 0 Å². The van der Waals surface area contributed by atoms with E-state index in [2.05, 4.69) is 26.6 Å². The number of furan rings is 1. The van der Waals surface area contributed by atoms with Crippen molar-refractivity contribution in [2.75, 3.05) is 4.90 Å². The Morgan fingerprint density at radius 2 is 2.13 bits per heavy atom. The lowest BCUT2D eigenvalue weighted by molar-refractivity contribution is 0.0378. The summed E-state index contributed by atoms with van der Waals surface area (Å²) in [4.78, 5) is 27.3. The summed E-state index contributed by atoms with van der Waals surface area (Å²) >= 11 is 3.48. The standard InChI is InChI=1S/C23H20BrN3O4/c1-23-12-19(18-11-15(24)7-8-20(18)31-23)26-22(29)27(23)16-5-2-4-14(10-16)21(28)25-13-17-6-3-9-30-17/h2-11,19H,12-13H2,1H3,(H,25,28)(H,26,29)/t19-,23-/m1/s1. The molecule has 31 heavy (non-hydrogen) atoms. The number of rotatable bonds is 4. The number of nitrogens with one attached hydrogen (secondary N) is 2. The molecule has 2 atom stereocenters. The van der Waals surface area contributed by atoms with Gasteiger partial charge >= 0.3 is 6.03 Å². The molecule has 3 aromatic rings. The third-order valence-corrected chi connectivity index (χ3v) is 6.10. The molecule has 2 aromatic carbocycles. The zero-order chi connectivity index (χ0) is 21.6. The zero-order valence-corrected chi connectivity index (χ0v) is 18.3. The molecule has 0 radical (unpaired) electrons. The second-order valence-corrected chi connectivity index (χ2v) is 8.73. The summed E-state index contributed by atoms with van der Waals surface area (Å²) in [6.45, 7) is 2.18. The third kappa shape index (κ3) is 3.57. The molecule has 5 rings (SSSR count). The Morgan fingerprint density at radius 3 is 2.94 bits per heavy atom. The number of amides is 3. The van der Waals surface area contributed by atoms with Gasteiger partial charge in [0, 0.05) is 22.0 Å². The number of hydrogen-bond acceptors (Lipinski definition) is 4. The number of nitrogens with zero attached hydrogens (tertiary/aromatic N) is 1. The van der Waals surface area contributed by atoms with E-state index in [1.807, 2.05) is 25.1 Å². The van der Waals surface area contributed by atoms with Crippen LogP contribution in [0.1, 0.15) is 41.1 Å². The van der Waals surface area contributed by atoms with Gasteiger partial charge in [-0.1, -0.05) is 22.0 Å². The molecule has 1 aromatic heterocycles. The molecular formula is C23H20BrN3O4. The lowest BCUT2D eigenvalue weighted by atomic mass is 9.90. The van der Waals surface area contributed by atoms with Gasteiger partial charge in [0.05, 0.1) is 24.5 Å². The zero-order valence-electron chi connectivity index (χ0n) is 16.7. The van der Waals surface area contributed by atoms with Gasteiger partial charge in [-0.2, -0.15) is 0 Å². The second kappa shape index (κ2) is 7.46. The largest absolute Gasteiger partial charge is 0.467 e. The van der Waals surface area contributed by atoms with E-state index in [9.17, 15) is 9.59 Å². The van der Waals surface area contributed by atoms with Crippen LogP contribution in [0.4, 0.5) is 10.5 Å². The molecule has 0 spiro atoms. The number of fused-ring (bicyclic) bond motifs is 4. The molecule has 0 aliphatic carbocycles. The first kappa shape index (κ1) is 19.7. The van der Waals surface area contributed by atoms with Crippen LogP contribution in [0, 0.1) is 0 Å². The topological polar surface area (TPSA) is 83.8 Å². The lowest BCUT2D eigenvalue weighted by Gasteiger charge is -2.50. The molecule has 2 bridgehead atoms. The molecule has 2 aliphatic rings. The molecule has 3 amide bonds. The Morgan fingerprint density at radius 1 is 1.26 bits per heavy atom. The number of hydrogen-bond donors (Lipinski definition) is 2. The first-order valence-corrected chi connectivity index (χ1v) is 10.7. The molecule has 0 saturated carbocycles. The fraction of sp³-hybridized carbons (Fsp3) is 0.217. The van der Waals surface area contributed by atoms with Crippen molar-refractivity contribution in [1.29, 1.82) is 0 Å². The quantitative estimate of drug-likeness (QED) is 0.563. The maximum absolute atomic E-state index is 13.1. The van der Waals surface area contributed by atoms with Crippen molar-refractivity contribution < 1.29 is 18.7 Å². The van der Waals surface area contributed by atoms with Crippen molar-refractivity contribution in [2.45, 2.75) is 31.7 Å². The molecular weight excluding hydrogens is 462 g/mol. The normalized spacial score (nSPS) is 21.7. The van der Waals surface area contributed by atoms with E-state index < -0.39 is 5.72 Å². The van der Waals surface area contributed by atoms with Crippen molar-refractivity contribution in [3.05, 3.63) is 82.2 Å². The van der Waals surface area contributed by atoms with Gasteiger partial charge in [-0.3, -0.25) is 9.69 Å². The number of anilines is 1. The van der Waals surface area contributed by atoms with E-state index in [0.29, 0.717) is 23.4 Å². The first-order chi connectivity index (χ1) is 14.9. The van der Waals surface area contributed by atoms with Crippen molar-refractivity contribution in [1.82, 2.24) is 10.6 Å². The summed E-state index contributed by atoms with van der Waals surface area (Å²) in [6.07, 6.45) is 2.14. The lowest BCUT2D eigenvalue weighted by Crippen LogP contribution is -2.65. The van der Waals surface area contributed by atoms with Gasteiger partial charge in [0.25, 0.3) is 5.91 Å². The molecule has 0 unspecified atom stereocenters. The highest BCUT2D eigenvalue weighted by Gasteiger charge is 2.49. The molecule has 2 N–H and O–H groups in total. The second-order valence-electron chi connectivity index (χ2n) is 7.81. The van der Waals surface area contributed by atoms with E-state index in [-0.39, 0.29) is 24.5 Å². The Bertz CT molecular complexity index is 1160. The first-order valence-electron chi connectivity index (χ1n) is 9.93. The highest BCUT2D eigenvalue weighted by atomic mass is 79.9. The molecule has 3 heterocycles. The number of halogens is 1. The highest BCUT2D eigenvalue weighted by molar-refractivity contribution is 9.10. The van der Waals surface area contributed by atoms with Gasteiger partial charge in [-0.05, 0) is 55.5 Å². The average Bonchev–Trinajstić information content (AvgIpc) is 3.26. The summed E-state index contributed by atoms with van der Waals surface area (Å²) in [5.74, 6) is 1.15. The number of benzene rings is 2. The van der Waals surface area contributed by atoms with Crippen LogP contribution in [-0.4, -0.2) is 17.7 Å². The fourth-order valence-electron chi connectivity index (χ4n) is 4.21. The van der Waals surface area contributed by atoms with E-state index in [1.165, 1.54) is 0 Å². The number of carbonyl (C=O) groups excluding carboxylic acids is 2. The van der Waals surface area contributed by atoms with Crippen LogP contribution >= 0.6 is 15.9 Å². The minimum atomic E-state index is -0.878. The van der Waals surface area contributed by atoms with Crippen LogP contribution in [0.5, 0.6) is 5.75 Å². The molecule has 2 aliphatic heterocycles. The summed E-state index contributed by atoms with van der Waals surface area (Å²) in [5, 5.41) is 5.90. The van der Waals surface area contributed by atoms with E-state index >= 15 is 0 Å². The molecule has 1 fully saturated rings. The Kier molecular flexibility index (Phi) is 4.74. The Hall–Kier alpha value is -3.26. The maximum atomic E-state index is 13.1. The summed E-state index contributed by atoms with van der Waals surface area (Å²) < 4.78 is 12.5. The number of carbonyl (C=O) groups is 2. The molecule has 1 saturated heterocycles. The summed E-state index contributed by atoms with van der Waals surface area (Å²) in [6, 6.07) is 15.9. The molecule has 158 valence electrons. The molecule has 8 heteroatoms. The van der Waals surface area contributed by atoms with E-state index in [0.717, 1.165) is 15.8 Å². The van der Waals surface area contributed by atoms with Gasteiger partial charge in [0.1, 0.15) is 11.5 Å². The van der Waals surface area contributed by atoms with Crippen LogP contribution in [0.15, 0.2) is 69.8 Å². The van der Waals surface area contributed by atoms with Crippen molar-refractivity contribution >= 4 is 33.6 Å². The summed E-state index contributed by atoms with van der Waals surface area (Å²) in [7, 11) is 0. The van der Waals surface area contributed by atoms with E-state index in [1.54, 1.807) is 47.6 Å². The fourth-order valence-corrected chi connectivity index (χ4v) is 4.58. The molecule has 7 nitrogen and oxygen atoms in total. The Balaban J connectivity index is 1.42.